The van der Waals surface area contributed by atoms with Gasteiger partial charge in [-0.15, -0.1) is 0 Å². The van der Waals surface area contributed by atoms with Crippen LogP contribution in [-0.2, 0) is 9.53 Å². The number of rotatable bonds is 4. The summed E-state index contributed by atoms with van der Waals surface area (Å²) in [5, 5.41) is 9.33. The minimum absolute atomic E-state index is 0.188. The second-order valence-corrected chi connectivity index (χ2v) is 9.46. The molecule has 3 aliphatic rings. The number of aryl methyl sites for hydroxylation is 1. The number of nitrogens with zero attached hydrogens (tertiary/aromatic N) is 1. The van der Waals surface area contributed by atoms with E-state index >= 15 is 0 Å². The summed E-state index contributed by atoms with van der Waals surface area (Å²) < 4.78 is 5.58. The van der Waals surface area contributed by atoms with Crippen LogP contribution < -0.4 is 0 Å². The zero-order valence-corrected chi connectivity index (χ0v) is 18.0. The van der Waals surface area contributed by atoms with Crippen molar-refractivity contribution in [2.75, 3.05) is 19.7 Å². The molecule has 2 aliphatic heterocycles. The maximum Gasteiger partial charge on any atom is 0.335 e. The molecule has 2 aromatic rings. The van der Waals surface area contributed by atoms with Crippen molar-refractivity contribution >= 4 is 11.9 Å². The predicted octanol–water partition coefficient (Wildman–Crippen LogP) is 4.64. The lowest BCUT2D eigenvalue weighted by Crippen LogP contribution is -2.44. The van der Waals surface area contributed by atoms with Crippen LogP contribution in [-0.4, -0.2) is 47.7 Å². The van der Waals surface area contributed by atoms with Crippen molar-refractivity contribution in [3.05, 3.63) is 59.2 Å². The molecule has 5 nitrogen and oxygen atoms in total. The maximum atomic E-state index is 12.6. The van der Waals surface area contributed by atoms with Gasteiger partial charge in [-0.1, -0.05) is 30.3 Å². The lowest BCUT2D eigenvalue weighted by atomic mass is 9.88. The van der Waals surface area contributed by atoms with E-state index in [1.54, 1.807) is 12.1 Å². The van der Waals surface area contributed by atoms with Crippen LogP contribution in [0.15, 0.2) is 42.5 Å². The Kier molecular flexibility index (Phi) is 5.09. The van der Waals surface area contributed by atoms with Crippen molar-refractivity contribution in [3.8, 4) is 11.1 Å². The van der Waals surface area contributed by atoms with Crippen LogP contribution in [0.3, 0.4) is 0 Å². The number of benzene rings is 2. The van der Waals surface area contributed by atoms with E-state index in [1.807, 2.05) is 17.9 Å². The van der Waals surface area contributed by atoms with Gasteiger partial charge in [0.15, 0.2) is 0 Å². The first-order valence-electron chi connectivity index (χ1n) is 11.3. The van der Waals surface area contributed by atoms with E-state index in [2.05, 4.69) is 24.3 Å². The molecular weight excluding hydrogens is 390 g/mol. The average Bonchev–Trinajstić information content (AvgIpc) is 3.20. The molecule has 5 heteroatoms. The van der Waals surface area contributed by atoms with E-state index < -0.39 is 5.97 Å². The van der Waals surface area contributed by atoms with Gasteiger partial charge < -0.3 is 14.7 Å². The molecule has 31 heavy (non-hydrogen) atoms. The number of carbonyl (C=O) groups excluding carboxylic acids is 1. The normalized spacial score (nSPS) is 24.4. The highest BCUT2D eigenvalue weighted by atomic mass is 16.5. The first-order chi connectivity index (χ1) is 14.9. The quantitative estimate of drug-likeness (QED) is 0.784. The summed E-state index contributed by atoms with van der Waals surface area (Å²) in [7, 11) is 0. The van der Waals surface area contributed by atoms with Gasteiger partial charge in [0.25, 0.3) is 5.91 Å². The molecule has 5 rings (SSSR count). The van der Waals surface area contributed by atoms with Crippen molar-refractivity contribution in [1.29, 1.82) is 0 Å². The van der Waals surface area contributed by atoms with E-state index in [1.165, 1.54) is 12.0 Å². The number of amides is 1. The third-order valence-electron chi connectivity index (χ3n) is 7.44. The summed E-state index contributed by atoms with van der Waals surface area (Å²) in [5.41, 5.74) is 4.95. The Morgan fingerprint density at radius 1 is 1.06 bits per heavy atom. The number of piperidine rings is 1. The van der Waals surface area contributed by atoms with Crippen molar-refractivity contribution in [3.63, 3.8) is 0 Å². The number of hydrogen-bond acceptors (Lipinski definition) is 3. The summed E-state index contributed by atoms with van der Waals surface area (Å²) in [4.78, 5) is 26.0. The molecule has 3 fully saturated rings. The lowest BCUT2D eigenvalue weighted by molar-refractivity contribution is -0.142. The third-order valence-corrected chi connectivity index (χ3v) is 7.44. The molecule has 1 saturated carbocycles. The lowest BCUT2D eigenvalue weighted by Gasteiger charge is -2.34. The molecule has 2 atom stereocenters. The zero-order valence-electron chi connectivity index (χ0n) is 18.0. The van der Waals surface area contributed by atoms with Gasteiger partial charge in [0.1, 0.15) is 6.10 Å². The molecule has 1 amide bonds. The smallest absolute Gasteiger partial charge is 0.335 e. The molecule has 1 unspecified atom stereocenters. The summed E-state index contributed by atoms with van der Waals surface area (Å²) in [6.45, 7) is 4.32. The molecule has 1 spiro atoms. The largest absolute Gasteiger partial charge is 0.478 e. The van der Waals surface area contributed by atoms with Gasteiger partial charge in [0.2, 0.25) is 0 Å². The number of aromatic carboxylic acids is 1. The number of ether oxygens (including phenoxy) is 1. The van der Waals surface area contributed by atoms with Gasteiger partial charge in [0.05, 0.1) is 5.56 Å². The van der Waals surface area contributed by atoms with Gasteiger partial charge >= 0.3 is 5.97 Å². The highest BCUT2D eigenvalue weighted by Crippen LogP contribution is 2.65. The van der Waals surface area contributed by atoms with Crippen LogP contribution in [0.25, 0.3) is 11.1 Å². The Hall–Kier alpha value is -2.66. The number of hydrogen-bond donors (Lipinski definition) is 1. The van der Waals surface area contributed by atoms with Crippen molar-refractivity contribution in [1.82, 2.24) is 4.90 Å². The molecule has 1 aliphatic carbocycles. The number of likely N-dealkylation sites (tertiary alicyclic amines) is 1. The maximum absolute atomic E-state index is 12.6. The average molecular weight is 420 g/mol. The topological polar surface area (TPSA) is 66.8 Å². The second-order valence-electron chi connectivity index (χ2n) is 9.46. The zero-order chi connectivity index (χ0) is 21.6. The van der Waals surface area contributed by atoms with Crippen LogP contribution >= 0.6 is 0 Å². The fourth-order valence-electron chi connectivity index (χ4n) is 5.50. The Morgan fingerprint density at radius 3 is 2.45 bits per heavy atom. The summed E-state index contributed by atoms with van der Waals surface area (Å²) >= 11 is 0. The van der Waals surface area contributed by atoms with Crippen LogP contribution in [0.5, 0.6) is 0 Å². The molecule has 0 aromatic heterocycles. The Morgan fingerprint density at radius 2 is 1.81 bits per heavy atom. The third kappa shape index (κ3) is 3.87. The van der Waals surface area contributed by atoms with Crippen molar-refractivity contribution in [2.24, 2.45) is 5.41 Å². The molecule has 2 heterocycles. The van der Waals surface area contributed by atoms with Crippen LogP contribution in [0, 0.1) is 12.3 Å². The van der Waals surface area contributed by atoms with Gasteiger partial charge in [-0.2, -0.15) is 0 Å². The molecule has 162 valence electrons. The molecule has 2 aromatic carbocycles. The first-order valence-corrected chi connectivity index (χ1v) is 11.3. The van der Waals surface area contributed by atoms with Gasteiger partial charge in [-0.25, -0.2) is 4.79 Å². The van der Waals surface area contributed by atoms with Crippen LogP contribution in [0.1, 0.15) is 59.5 Å². The van der Waals surface area contributed by atoms with Gasteiger partial charge in [-0.3, -0.25) is 4.79 Å². The van der Waals surface area contributed by atoms with E-state index in [-0.39, 0.29) is 12.0 Å². The number of carboxylic acids is 1. The Bertz CT molecular complexity index is 999. The van der Waals surface area contributed by atoms with Gasteiger partial charge in [-0.05, 0) is 84.7 Å². The van der Waals surface area contributed by atoms with Gasteiger partial charge in [0, 0.05) is 19.7 Å². The van der Waals surface area contributed by atoms with E-state index in [0.29, 0.717) is 23.5 Å². The Labute approximate surface area is 183 Å². The molecule has 0 radical (unpaired) electrons. The van der Waals surface area contributed by atoms with Crippen LogP contribution in [0.2, 0.25) is 0 Å². The standard InChI is InChI=1S/C26H29NO4/c1-17-13-20(15-21(14-17)25(29)30)18-4-6-19(7-5-18)22-16-26(22)8-10-27(11-9-26)24(28)23-3-2-12-31-23/h4-7,13-15,22-23H,2-3,8-12,16H2,1H3,(H,29,30)/t22-,23?/m0/s1. The molecule has 0 bridgehead atoms. The van der Waals surface area contributed by atoms with E-state index in [4.69, 9.17) is 4.74 Å². The highest BCUT2D eigenvalue weighted by molar-refractivity contribution is 5.89. The molecule has 2 saturated heterocycles. The summed E-state index contributed by atoms with van der Waals surface area (Å²) in [6.07, 6.45) is 4.98. The molecule has 1 N–H and O–H groups in total. The number of carboxylic acid groups (broad SMARTS) is 1. The summed E-state index contributed by atoms with van der Waals surface area (Å²) in [5.74, 6) is -0.146. The number of carbonyl (C=O) groups is 2. The minimum Gasteiger partial charge on any atom is -0.478 e. The fraction of sp³-hybridized carbons (Fsp3) is 0.462. The predicted molar refractivity (Wildman–Crippen MR) is 118 cm³/mol. The van der Waals surface area contributed by atoms with Crippen molar-refractivity contribution < 1.29 is 19.4 Å². The second kappa shape index (κ2) is 7.79. The van der Waals surface area contributed by atoms with E-state index in [9.17, 15) is 14.7 Å². The first kappa shape index (κ1) is 20.3. The SMILES string of the molecule is Cc1cc(C(=O)O)cc(-c2ccc([C@@H]3CC34CCN(C(=O)C3CCCO3)CC4)cc2)c1. The monoisotopic (exact) mass is 419 g/mol. The minimum atomic E-state index is -0.897. The Balaban J connectivity index is 1.24. The molecular formula is C26H29NO4. The van der Waals surface area contributed by atoms with Crippen LogP contribution in [0.4, 0.5) is 0 Å². The van der Waals surface area contributed by atoms with E-state index in [0.717, 1.165) is 55.5 Å². The fourth-order valence-corrected chi connectivity index (χ4v) is 5.50. The summed E-state index contributed by atoms with van der Waals surface area (Å²) in [6, 6.07) is 14.1. The van der Waals surface area contributed by atoms with Crippen molar-refractivity contribution in [2.45, 2.75) is 51.0 Å². The highest BCUT2D eigenvalue weighted by Gasteiger charge is 2.55.